The zero-order valence-electron chi connectivity index (χ0n) is 15.3. The molecule has 0 aliphatic carbocycles. The van der Waals surface area contributed by atoms with Crippen LogP contribution in [0.3, 0.4) is 0 Å². The van der Waals surface area contributed by atoms with Crippen LogP contribution in [0, 0.1) is 0 Å². The lowest BCUT2D eigenvalue weighted by Crippen LogP contribution is -2.33. The highest BCUT2D eigenvalue weighted by Crippen LogP contribution is 2.33. The molecule has 1 saturated heterocycles. The normalized spacial score (nSPS) is 16.9. The van der Waals surface area contributed by atoms with Gasteiger partial charge in [-0.25, -0.2) is 0 Å². The average Bonchev–Trinajstić information content (AvgIpc) is 3.13. The van der Waals surface area contributed by atoms with E-state index in [2.05, 4.69) is 22.5 Å². The van der Waals surface area contributed by atoms with Gasteiger partial charge in [0.2, 0.25) is 5.91 Å². The summed E-state index contributed by atoms with van der Waals surface area (Å²) in [6.07, 6.45) is 6.94. The first-order valence-electron chi connectivity index (χ1n) is 9.14. The third kappa shape index (κ3) is 3.69. The van der Waals surface area contributed by atoms with E-state index >= 15 is 0 Å². The number of carbonyl (C=O) groups is 1. The minimum atomic E-state index is -0.0589. The molecule has 0 saturated carbocycles. The molecule has 0 radical (unpaired) electrons. The second-order valence-electron chi connectivity index (χ2n) is 7.04. The van der Waals surface area contributed by atoms with E-state index < -0.39 is 0 Å². The molecule has 2 aromatic heterocycles. The second kappa shape index (κ2) is 7.23. The van der Waals surface area contributed by atoms with Gasteiger partial charge in [0.1, 0.15) is 0 Å². The number of aryl methyl sites for hydroxylation is 1. The van der Waals surface area contributed by atoms with Crippen LogP contribution in [-0.4, -0.2) is 26.8 Å². The van der Waals surface area contributed by atoms with Gasteiger partial charge in [-0.1, -0.05) is 30.3 Å². The van der Waals surface area contributed by atoms with Crippen molar-refractivity contribution in [2.24, 2.45) is 7.05 Å². The van der Waals surface area contributed by atoms with Gasteiger partial charge in [-0.2, -0.15) is 5.10 Å². The molecular weight excluding hydrogens is 340 g/mol. The van der Waals surface area contributed by atoms with E-state index in [1.165, 1.54) is 5.56 Å². The van der Waals surface area contributed by atoms with Gasteiger partial charge in [-0.3, -0.25) is 14.3 Å². The van der Waals surface area contributed by atoms with Crippen molar-refractivity contribution in [1.82, 2.24) is 19.7 Å². The third-order valence-electron chi connectivity index (χ3n) is 5.08. The van der Waals surface area contributed by atoms with E-state index in [0.29, 0.717) is 19.5 Å². The van der Waals surface area contributed by atoms with E-state index in [4.69, 9.17) is 0 Å². The van der Waals surface area contributed by atoms with Crippen molar-refractivity contribution in [2.45, 2.75) is 25.3 Å². The number of hydrogen-bond donors (Lipinski definition) is 1. The van der Waals surface area contributed by atoms with Gasteiger partial charge in [-0.15, -0.1) is 0 Å². The Balaban J connectivity index is 1.70. The van der Waals surface area contributed by atoms with Gasteiger partial charge in [-0.05, 0) is 23.5 Å². The molecule has 0 bridgehead atoms. The fourth-order valence-electron chi connectivity index (χ4n) is 3.63. The molecule has 1 atom stereocenters. The van der Waals surface area contributed by atoms with Crippen molar-refractivity contribution >= 4 is 5.91 Å². The highest BCUT2D eigenvalue weighted by atomic mass is 16.1. The fourth-order valence-corrected chi connectivity index (χ4v) is 3.63. The standard InChI is InChI=1S/C21H22N4O2/c1-24-14-19(18(10-21(24)27)16-7-8-22-20(26)9-16)17-11-23-25(13-17)12-15-5-3-2-4-6-15/h2-6,10-11,13-14,16H,7-9,12H2,1H3,(H,22,26). The van der Waals surface area contributed by atoms with Crippen LogP contribution in [0.2, 0.25) is 0 Å². The van der Waals surface area contributed by atoms with Gasteiger partial charge in [0, 0.05) is 49.6 Å². The van der Waals surface area contributed by atoms with Crippen LogP contribution in [0.15, 0.2) is 59.8 Å². The molecule has 138 valence electrons. The predicted octanol–water partition coefficient (Wildman–Crippen LogP) is 2.29. The van der Waals surface area contributed by atoms with E-state index in [9.17, 15) is 9.59 Å². The molecule has 1 unspecified atom stereocenters. The largest absolute Gasteiger partial charge is 0.356 e. The number of aromatic nitrogens is 3. The number of nitrogens with zero attached hydrogens (tertiary/aromatic N) is 3. The summed E-state index contributed by atoms with van der Waals surface area (Å²) in [5.41, 5.74) is 3.99. The van der Waals surface area contributed by atoms with Crippen LogP contribution in [-0.2, 0) is 18.4 Å². The Morgan fingerprint density at radius 3 is 2.78 bits per heavy atom. The van der Waals surface area contributed by atoms with Crippen molar-refractivity contribution < 1.29 is 4.79 Å². The highest BCUT2D eigenvalue weighted by Gasteiger charge is 2.24. The van der Waals surface area contributed by atoms with E-state index in [1.54, 1.807) is 17.7 Å². The molecule has 1 N–H and O–H groups in total. The molecule has 1 aliphatic rings. The topological polar surface area (TPSA) is 68.9 Å². The molecular formula is C21H22N4O2. The number of piperidine rings is 1. The maximum Gasteiger partial charge on any atom is 0.250 e. The monoisotopic (exact) mass is 362 g/mol. The Hall–Kier alpha value is -3.15. The summed E-state index contributed by atoms with van der Waals surface area (Å²) in [4.78, 5) is 24.1. The molecule has 4 rings (SSSR count). The lowest BCUT2D eigenvalue weighted by molar-refractivity contribution is -0.122. The molecule has 6 nitrogen and oxygen atoms in total. The number of amides is 1. The molecule has 1 amide bonds. The van der Waals surface area contributed by atoms with E-state index in [1.807, 2.05) is 41.5 Å². The molecule has 27 heavy (non-hydrogen) atoms. The van der Waals surface area contributed by atoms with Crippen LogP contribution < -0.4 is 10.9 Å². The summed E-state index contributed by atoms with van der Waals surface area (Å²) in [5.74, 6) is 0.0952. The molecule has 6 heteroatoms. The maximum absolute atomic E-state index is 12.2. The zero-order valence-corrected chi connectivity index (χ0v) is 15.3. The molecule has 1 aliphatic heterocycles. The van der Waals surface area contributed by atoms with Crippen molar-refractivity contribution in [3.63, 3.8) is 0 Å². The molecule has 1 aromatic carbocycles. The summed E-state index contributed by atoms with van der Waals surface area (Å²) in [6, 6.07) is 11.8. The van der Waals surface area contributed by atoms with Crippen LogP contribution in [0.4, 0.5) is 0 Å². The lowest BCUT2D eigenvalue weighted by Gasteiger charge is -2.24. The predicted molar refractivity (Wildman–Crippen MR) is 103 cm³/mol. The quantitative estimate of drug-likeness (QED) is 0.774. The number of hydrogen-bond acceptors (Lipinski definition) is 3. The minimum Gasteiger partial charge on any atom is -0.356 e. The van der Waals surface area contributed by atoms with Gasteiger partial charge >= 0.3 is 0 Å². The summed E-state index contributed by atoms with van der Waals surface area (Å²) in [5, 5.41) is 7.35. The number of nitrogens with one attached hydrogen (secondary N) is 1. The summed E-state index contributed by atoms with van der Waals surface area (Å²) >= 11 is 0. The first-order chi connectivity index (χ1) is 13.1. The van der Waals surface area contributed by atoms with Crippen molar-refractivity contribution in [3.05, 3.63) is 76.5 Å². The van der Waals surface area contributed by atoms with Gasteiger partial charge in [0.25, 0.3) is 5.56 Å². The Kier molecular flexibility index (Phi) is 4.62. The van der Waals surface area contributed by atoms with E-state index in [0.717, 1.165) is 23.1 Å². The average molecular weight is 362 g/mol. The SMILES string of the molecule is Cn1cc(-c2cnn(Cc3ccccc3)c2)c(C2CCNC(=O)C2)cc1=O. The molecule has 3 heterocycles. The van der Waals surface area contributed by atoms with Crippen LogP contribution in [0.1, 0.15) is 29.9 Å². The van der Waals surface area contributed by atoms with Gasteiger partial charge in [0.05, 0.1) is 12.7 Å². The Labute approximate surface area is 157 Å². The number of benzene rings is 1. The fraction of sp³-hybridized carbons (Fsp3) is 0.286. The van der Waals surface area contributed by atoms with Gasteiger partial charge in [0.15, 0.2) is 0 Å². The minimum absolute atomic E-state index is 0.0395. The molecule has 3 aromatic rings. The Bertz CT molecular complexity index is 1020. The van der Waals surface area contributed by atoms with E-state index in [-0.39, 0.29) is 17.4 Å². The number of pyridine rings is 1. The van der Waals surface area contributed by atoms with Crippen molar-refractivity contribution in [3.8, 4) is 11.1 Å². The van der Waals surface area contributed by atoms with Gasteiger partial charge < -0.3 is 9.88 Å². The number of carbonyl (C=O) groups excluding carboxylic acids is 1. The zero-order chi connectivity index (χ0) is 18.8. The van der Waals surface area contributed by atoms with Crippen molar-refractivity contribution in [1.29, 1.82) is 0 Å². The van der Waals surface area contributed by atoms with Crippen LogP contribution in [0.5, 0.6) is 0 Å². The first-order valence-corrected chi connectivity index (χ1v) is 9.14. The maximum atomic E-state index is 12.2. The summed E-state index contributed by atoms with van der Waals surface area (Å²) in [6.45, 7) is 1.33. The van der Waals surface area contributed by atoms with Crippen LogP contribution >= 0.6 is 0 Å². The lowest BCUT2D eigenvalue weighted by atomic mass is 9.86. The smallest absolute Gasteiger partial charge is 0.250 e. The summed E-state index contributed by atoms with van der Waals surface area (Å²) < 4.78 is 3.48. The Morgan fingerprint density at radius 1 is 1.19 bits per heavy atom. The first kappa shape index (κ1) is 17.3. The molecule has 1 fully saturated rings. The highest BCUT2D eigenvalue weighted by molar-refractivity contribution is 5.78. The second-order valence-corrected chi connectivity index (χ2v) is 7.04. The van der Waals surface area contributed by atoms with Crippen molar-refractivity contribution in [2.75, 3.05) is 6.54 Å². The Morgan fingerprint density at radius 2 is 2.00 bits per heavy atom. The third-order valence-corrected chi connectivity index (χ3v) is 5.08. The van der Waals surface area contributed by atoms with Crippen LogP contribution in [0.25, 0.3) is 11.1 Å². The number of rotatable bonds is 4. The summed E-state index contributed by atoms with van der Waals surface area (Å²) in [7, 11) is 1.75. The molecule has 0 spiro atoms.